The Hall–Kier alpha value is -2.88. The Kier molecular flexibility index (Phi) is 4.24. The van der Waals surface area contributed by atoms with Crippen molar-refractivity contribution in [1.29, 1.82) is 0 Å². The van der Waals surface area contributed by atoms with Crippen LogP contribution >= 0.6 is 0 Å². The molecule has 0 unspecified atom stereocenters. The lowest BCUT2D eigenvalue weighted by Crippen LogP contribution is -2.01. The molecular formula is C19H18N2O2. The second-order valence-electron chi connectivity index (χ2n) is 5.26. The van der Waals surface area contributed by atoms with Gasteiger partial charge in [0.25, 0.3) is 0 Å². The highest BCUT2D eigenvalue weighted by Gasteiger charge is 2.12. The summed E-state index contributed by atoms with van der Waals surface area (Å²) >= 11 is 0. The molecule has 4 nitrogen and oxygen atoms in total. The summed E-state index contributed by atoms with van der Waals surface area (Å²) in [6.45, 7) is 3.59. The van der Waals surface area contributed by atoms with E-state index in [1.807, 2.05) is 49.5 Å². The SMILES string of the molecule is CCC(=O)O/N=C(\C)c1cn(-c2ccccc2)c2ccccc12. The van der Waals surface area contributed by atoms with Crippen LogP contribution in [0.25, 0.3) is 16.6 Å². The molecule has 0 aliphatic heterocycles. The Balaban J connectivity index is 2.10. The first-order valence-corrected chi connectivity index (χ1v) is 7.61. The van der Waals surface area contributed by atoms with Gasteiger partial charge < -0.3 is 9.40 Å². The molecule has 2 aromatic carbocycles. The van der Waals surface area contributed by atoms with Crippen molar-refractivity contribution in [1.82, 2.24) is 4.57 Å². The second kappa shape index (κ2) is 6.48. The van der Waals surface area contributed by atoms with E-state index in [0.717, 1.165) is 22.2 Å². The third-order valence-corrected chi connectivity index (χ3v) is 3.71. The first-order valence-electron chi connectivity index (χ1n) is 7.61. The van der Waals surface area contributed by atoms with Crippen LogP contribution in [-0.4, -0.2) is 16.2 Å². The smallest absolute Gasteiger partial charge is 0.318 e. The quantitative estimate of drug-likeness (QED) is 0.409. The molecule has 116 valence electrons. The van der Waals surface area contributed by atoms with E-state index in [4.69, 9.17) is 4.84 Å². The van der Waals surface area contributed by atoms with Crippen molar-refractivity contribution in [3.05, 3.63) is 66.4 Å². The van der Waals surface area contributed by atoms with Gasteiger partial charge in [0.2, 0.25) is 0 Å². The molecule has 0 atom stereocenters. The van der Waals surface area contributed by atoms with Gasteiger partial charge in [-0.2, -0.15) is 0 Å². The molecule has 0 amide bonds. The Morgan fingerprint density at radius 2 is 1.78 bits per heavy atom. The highest BCUT2D eigenvalue weighted by molar-refractivity contribution is 6.10. The van der Waals surface area contributed by atoms with Crippen molar-refractivity contribution in [2.24, 2.45) is 5.16 Å². The molecule has 0 saturated carbocycles. The maximum atomic E-state index is 11.3. The minimum absolute atomic E-state index is 0.308. The fourth-order valence-corrected chi connectivity index (χ4v) is 2.50. The number of benzene rings is 2. The number of para-hydroxylation sites is 2. The molecule has 4 heteroatoms. The Labute approximate surface area is 135 Å². The molecule has 0 saturated heterocycles. The van der Waals surface area contributed by atoms with Gasteiger partial charge in [-0.15, -0.1) is 0 Å². The molecule has 0 aliphatic carbocycles. The normalized spacial score (nSPS) is 11.7. The van der Waals surface area contributed by atoms with Crippen LogP contribution in [0.1, 0.15) is 25.8 Å². The minimum Gasteiger partial charge on any atom is -0.318 e. The van der Waals surface area contributed by atoms with Gasteiger partial charge in [-0.3, -0.25) is 0 Å². The number of aromatic nitrogens is 1. The number of hydrogen-bond donors (Lipinski definition) is 0. The third kappa shape index (κ3) is 3.01. The number of carbonyl (C=O) groups excluding carboxylic acids is 1. The van der Waals surface area contributed by atoms with E-state index in [1.165, 1.54) is 0 Å². The lowest BCUT2D eigenvalue weighted by Gasteiger charge is -2.04. The Bertz CT molecular complexity index is 863. The highest BCUT2D eigenvalue weighted by Crippen LogP contribution is 2.25. The van der Waals surface area contributed by atoms with Crippen LogP contribution in [-0.2, 0) is 9.63 Å². The average Bonchev–Trinajstić information content (AvgIpc) is 3.00. The molecule has 0 aliphatic rings. The van der Waals surface area contributed by atoms with Gasteiger partial charge in [-0.05, 0) is 25.1 Å². The van der Waals surface area contributed by atoms with Crippen molar-refractivity contribution in [3.63, 3.8) is 0 Å². The summed E-state index contributed by atoms with van der Waals surface area (Å²) < 4.78 is 2.12. The van der Waals surface area contributed by atoms with E-state index < -0.39 is 0 Å². The van der Waals surface area contributed by atoms with Gasteiger partial charge >= 0.3 is 5.97 Å². The molecule has 3 rings (SSSR count). The monoisotopic (exact) mass is 306 g/mol. The second-order valence-corrected chi connectivity index (χ2v) is 5.26. The highest BCUT2D eigenvalue weighted by atomic mass is 16.7. The molecule has 23 heavy (non-hydrogen) atoms. The van der Waals surface area contributed by atoms with Gasteiger partial charge in [0.1, 0.15) is 0 Å². The summed E-state index contributed by atoms with van der Waals surface area (Å²) in [5.41, 5.74) is 3.80. The number of carbonyl (C=O) groups is 1. The average molecular weight is 306 g/mol. The van der Waals surface area contributed by atoms with Gasteiger partial charge in [-0.25, -0.2) is 4.79 Å². The Morgan fingerprint density at radius 1 is 1.09 bits per heavy atom. The van der Waals surface area contributed by atoms with E-state index in [0.29, 0.717) is 12.1 Å². The predicted molar refractivity (Wildman–Crippen MR) is 91.9 cm³/mol. The van der Waals surface area contributed by atoms with Gasteiger partial charge in [0.05, 0.1) is 11.2 Å². The van der Waals surface area contributed by atoms with Crippen molar-refractivity contribution in [2.75, 3.05) is 0 Å². The summed E-state index contributed by atoms with van der Waals surface area (Å²) in [4.78, 5) is 16.2. The molecule has 1 heterocycles. The topological polar surface area (TPSA) is 43.6 Å². The van der Waals surface area contributed by atoms with E-state index in [9.17, 15) is 4.79 Å². The van der Waals surface area contributed by atoms with Crippen LogP contribution in [0.15, 0.2) is 65.9 Å². The number of hydrogen-bond acceptors (Lipinski definition) is 3. The lowest BCUT2D eigenvalue weighted by atomic mass is 10.1. The molecule has 0 radical (unpaired) electrons. The summed E-state index contributed by atoms with van der Waals surface area (Å²) in [5, 5.41) is 5.05. The van der Waals surface area contributed by atoms with Crippen molar-refractivity contribution < 1.29 is 9.63 Å². The van der Waals surface area contributed by atoms with Gasteiger partial charge in [0, 0.05) is 29.3 Å². The van der Waals surface area contributed by atoms with E-state index in [1.54, 1.807) is 6.92 Å². The molecule has 0 spiro atoms. The minimum atomic E-state index is -0.337. The number of nitrogens with zero attached hydrogens (tertiary/aromatic N) is 2. The van der Waals surface area contributed by atoms with Gasteiger partial charge in [0.15, 0.2) is 0 Å². The van der Waals surface area contributed by atoms with E-state index in [2.05, 4.69) is 27.9 Å². The van der Waals surface area contributed by atoms with Crippen LogP contribution in [0.5, 0.6) is 0 Å². The summed E-state index contributed by atoms with van der Waals surface area (Å²) in [6.07, 6.45) is 2.33. The van der Waals surface area contributed by atoms with Crippen LogP contribution in [0.2, 0.25) is 0 Å². The maximum Gasteiger partial charge on any atom is 0.334 e. The molecule has 3 aromatic rings. The van der Waals surface area contributed by atoms with E-state index >= 15 is 0 Å². The zero-order valence-electron chi connectivity index (χ0n) is 13.2. The first-order chi connectivity index (χ1) is 11.2. The lowest BCUT2D eigenvalue weighted by molar-refractivity contribution is -0.143. The van der Waals surface area contributed by atoms with Crippen molar-refractivity contribution in [2.45, 2.75) is 20.3 Å². The largest absolute Gasteiger partial charge is 0.334 e. The summed E-state index contributed by atoms with van der Waals surface area (Å²) in [5.74, 6) is -0.337. The number of oxime groups is 1. The van der Waals surface area contributed by atoms with E-state index in [-0.39, 0.29) is 5.97 Å². The zero-order valence-corrected chi connectivity index (χ0v) is 13.2. The fourth-order valence-electron chi connectivity index (χ4n) is 2.50. The Morgan fingerprint density at radius 3 is 2.52 bits per heavy atom. The van der Waals surface area contributed by atoms with Crippen molar-refractivity contribution >= 4 is 22.6 Å². The third-order valence-electron chi connectivity index (χ3n) is 3.71. The predicted octanol–water partition coefficient (Wildman–Crippen LogP) is 4.31. The zero-order chi connectivity index (χ0) is 16.2. The number of rotatable bonds is 4. The molecule has 0 N–H and O–H groups in total. The maximum absolute atomic E-state index is 11.3. The molecule has 1 aromatic heterocycles. The standard InChI is InChI=1S/C19H18N2O2/c1-3-19(22)23-20-14(2)17-13-21(15-9-5-4-6-10-15)18-12-8-7-11-16(17)18/h4-13H,3H2,1-2H3/b20-14+. The summed E-state index contributed by atoms with van der Waals surface area (Å²) in [7, 11) is 0. The number of fused-ring (bicyclic) bond motifs is 1. The summed E-state index contributed by atoms with van der Waals surface area (Å²) in [6, 6.07) is 18.2. The molecule has 0 bridgehead atoms. The van der Waals surface area contributed by atoms with Crippen LogP contribution in [0.3, 0.4) is 0 Å². The first kappa shape index (κ1) is 15.0. The molecule has 0 fully saturated rings. The van der Waals surface area contributed by atoms with Gasteiger partial charge in [-0.1, -0.05) is 48.5 Å². The van der Waals surface area contributed by atoms with Crippen LogP contribution in [0.4, 0.5) is 0 Å². The molecular weight excluding hydrogens is 288 g/mol. The fraction of sp³-hybridized carbons (Fsp3) is 0.158. The van der Waals surface area contributed by atoms with Crippen LogP contribution < -0.4 is 0 Å². The van der Waals surface area contributed by atoms with Crippen molar-refractivity contribution in [3.8, 4) is 5.69 Å². The van der Waals surface area contributed by atoms with Crippen LogP contribution in [0, 0.1) is 0 Å².